The van der Waals surface area contributed by atoms with Gasteiger partial charge in [0.05, 0.1) is 26.4 Å². The van der Waals surface area contributed by atoms with Crippen molar-refractivity contribution >= 4 is 76.1 Å². The number of halogens is 3. The van der Waals surface area contributed by atoms with Crippen molar-refractivity contribution in [2.24, 2.45) is 11.8 Å². The van der Waals surface area contributed by atoms with Crippen molar-refractivity contribution in [2.45, 2.75) is 26.7 Å². The Labute approximate surface area is 272 Å². The molecule has 6 rings (SSSR count). The Kier molecular flexibility index (Phi) is 14.7. The van der Waals surface area contributed by atoms with Crippen LogP contribution in [0.2, 0.25) is 0 Å². The molecule has 0 aromatic carbocycles. The molecule has 4 fully saturated rings. The van der Waals surface area contributed by atoms with Gasteiger partial charge in [-0.2, -0.15) is 17.9 Å². The van der Waals surface area contributed by atoms with Crippen LogP contribution in [0.15, 0.2) is 24.3 Å². The van der Waals surface area contributed by atoms with Crippen molar-refractivity contribution in [3.63, 3.8) is 0 Å². The molecule has 12 heteroatoms. The molecule has 0 spiro atoms. The molecule has 0 amide bonds. The number of nitrogens with zero attached hydrogens (tertiary/aromatic N) is 5. The first kappa shape index (κ1) is 33.8. The second-order valence-electron chi connectivity index (χ2n) is 10.6. The first-order valence-electron chi connectivity index (χ1n) is 14.0. The van der Waals surface area contributed by atoms with Crippen molar-refractivity contribution in [2.75, 3.05) is 93.5 Å². The van der Waals surface area contributed by atoms with Crippen LogP contribution in [0.25, 0.3) is 0 Å². The van der Waals surface area contributed by atoms with E-state index in [1.165, 1.54) is 35.6 Å². The van der Waals surface area contributed by atoms with Gasteiger partial charge in [-0.15, -0.1) is 0 Å². The average molecular weight is 801 g/mol. The Hall–Kier alpha value is -0.680. The third-order valence-electron chi connectivity index (χ3n) is 7.23. The maximum absolute atomic E-state index is 13.0. The van der Waals surface area contributed by atoms with Crippen LogP contribution in [0, 0.1) is 24.9 Å². The second kappa shape index (κ2) is 17.4. The lowest BCUT2D eigenvalue weighted by Crippen LogP contribution is -2.37. The van der Waals surface area contributed by atoms with E-state index in [9.17, 15) is 4.39 Å². The third kappa shape index (κ3) is 10.9. The highest BCUT2D eigenvalue weighted by atomic mass is 127. The van der Waals surface area contributed by atoms with Crippen LogP contribution in [0.1, 0.15) is 26.7 Å². The molecule has 0 unspecified atom stereocenters. The summed E-state index contributed by atoms with van der Waals surface area (Å²) in [4.78, 5) is 15.5. The number of pyridine rings is 2. The molecule has 2 aromatic rings. The van der Waals surface area contributed by atoms with Crippen LogP contribution in [-0.2, 0) is 9.47 Å². The monoisotopic (exact) mass is 800 g/mol. The van der Waals surface area contributed by atoms with E-state index in [4.69, 9.17) is 14.5 Å². The zero-order valence-corrected chi connectivity index (χ0v) is 28.9. The summed E-state index contributed by atoms with van der Waals surface area (Å²) >= 11 is 4.48. The normalized spacial score (nSPS) is 22.6. The van der Waals surface area contributed by atoms with Gasteiger partial charge in [-0.3, -0.25) is 0 Å². The van der Waals surface area contributed by atoms with Crippen LogP contribution >= 0.6 is 58.7 Å². The SMILES string of the molecule is C[C@H]1CCN(c2cc(I)cc(N3CCOCC3)n2)C1.C[C@H]1CCNC1.Fc1cc(I)cc(N2CCOCC2)n1.S. The molecule has 2 atom stereocenters. The molecule has 0 radical (unpaired) electrons. The molecular formula is C28H43FI2N6O2S. The first-order chi connectivity index (χ1) is 18.9. The molecule has 2 aromatic heterocycles. The van der Waals surface area contributed by atoms with Crippen LogP contribution in [0.3, 0.4) is 0 Å². The molecule has 4 aliphatic rings. The third-order valence-corrected chi connectivity index (χ3v) is 8.48. The second-order valence-corrected chi connectivity index (χ2v) is 13.1. The Morgan fingerprint density at radius 1 is 0.750 bits per heavy atom. The van der Waals surface area contributed by atoms with E-state index in [0.717, 1.165) is 79.5 Å². The van der Waals surface area contributed by atoms with Gasteiger partial charge in [0, 0.05) is 52.5 Å². The number of morpholine rings is 2. The Balaban J connectivity index is 0.000000184. The number of rotatable bonds is 3. The molecule has 4 aliphatic heterocycles. The standard InChI is InChI=1S/C14H20IN3O.C9H10FIN2O.C5H11N.H2S/c1-11-2-3-18(10-11)14-9-12(15)8-13(16-14)17-4-6-19-7-5-17;10-8-5-7(11)6-9(12-8)13-1-3-14-4-2-13;1-5-2-3-6-4-5;/h8-9,11H,2-7,10H2,1H3;5-6H,1-4H2;5-6H,2-4H2,1H3;1H2/t11-;;5-;/m0.0./s1. The van der Waals surface area contributed by atoms with E-state index in [1.807, 2.05) is 11.0 Å². The van der Waals surface area contributed by atoms with Gasteiger partial charge in [-0.25, -0.2) is 9.97 Å². The fourth-order valence-corrected chi connectivity index (χ4v) is 6.03. The Morgan fingerprint density at radius 2 is 1.27 bits per heavy atom. The number of nitrogens with one attached hydrogen (secondary N) is 1. The van der Waals surface area contributed by atoms with Gasteiger partial charge in [0.2, 0.25) is 5.95 Å². The van der Waals surface area contributed by atoms with Gasteiger partial charge in [0.25, 0.3) is 0 Å². The minimum Gasteiger partial charge on any atom is -0.378 e. The van der Waals surface area contributed by atoms with E-state index < -0.39 is 5.95 Å². The molecule has 8 nitrogen and oxygen atoms in total. The maximum Gasteiger partial charge on any atom is 0.215 e. The topological polar surface area (TPSA) is 66.0 Å². The number of ether oxygens (including phenoxy) is 2. The van der Waals surface area contributed by atoms with Gasteiger partial charge >= 0.3 is 0 Å². The van der Waals surface area contributed by atoms with Gasteiger partial charge in [0.15, 0.2) is 0 Å². The number of anilines is 3. The van der Waals surface area contributed by atoms with Crippen LogP contribution in [-0.4, -0.2) is 88.8 Å². The minimum absolute atomic E-state index is 0. The van der Waals surface area contributed by atoms with Crippen molar-refractivity contribution in [1.82, 2.24) is 15.3 Å². The van der Waals surface area contributed by atoms with Gasteiger partial charge in [0.1, 0.15) is 17.5 Å². The Bertz CT molecular complexity index is 997. The summed E-state index contributed by atoms with van der Waals surface area (Å²) in [5, 5.41) is 3.27. The van der Waals surface area contributed by atoms with E-state index in [2.05, 4.69) is 91.3 Å². The summed E-state index contributed by atoms with van der Waals surface area (Å²) in [7, 11) is 0. The zero-order valence-electron chi connectivity index (χ0n) is 23.6. The lowest BCUT2D eigenvalue weighted by atomic mass is 10.2. The lowest BCUT2D eigenvalue weighted by molar-refractivity contribution is 0.122. The fraction of sp³-hybridized carbons (Fsp3) is 0.643. The fourth-order valence-electron chi connectivity index (χ4n) is 4.94. The zero-order chi connectivity index (χ0) is 27.6. The van der Waals surface area contributed by atoms with Crippen LogP contribution < -0.4 is 20.0 Å². The van der Waals surface area contributed by atoms with E-state index >= 15 is 0 Å². The summed E-state index contributed by atoms with van der Waals surface area (Å²) in [5.41, 5.74) is 0. The van der Waals surface area contributed by atoms with Gasteiger partial charge in [-0.05, 0) is 101 Å². The lowest BCUT2D eigenvalue weighted by Gasteiger charge is -2.29. The number of aromatic nitrogens is 2. The first-order valence-corrected chi connectivity index (χ1v) is 16.1. The largest absolute Gasteiger partial charge is 0.378 e. The quantitative estimate of drug-likeness (QED) is 0.353. The molecule has 4 saturated heterocycles. The molecule has 6 heterocycles. The van der Waals surface area contributed by atoms with Crippen molar-refractivity contribution < 1.29 is 13.9 Å². The summed E-state index contributed by atoms with van der Waals surface area (Å²) in [6, 6.07) is 7.68. The smallest absolute Gasteiger partial charge is 0.215 e. The predicted octanol–water partition coefficient (Wildman–Crippen LogP) is 4.76. The van der Waals surface area contributed by atoms with Crippen LogP contribution in [0.4, 0.5) is 21.8 Å². The van der Waals surface area contributed by atoms with Gasteiger partial charge in [-0.1, -0.05) is 13.8 Å². The van der Waals surface area contributed by atoms with Gasteiger partial charge < -0.3 is 29.5 Å². The van der Waals surface area contributed by atoms with E-state index in [-0.39, 0.29) is 13.5 Å². The van der Waals surface area contributed by atoms with Crippen LogP contribution in [0.5, 0.6) is 0 Å². The highest BCUT2D eigenvalue weighted by molar-refractivity contribution is 14.1. The van der Waals surface area contributed by atoms with Crippen molar-refractivity contribution in [1.29, 1.82) is 0 Å². The van der Waals surface area contributed by atoms with E-state index in [0.29, 0.717) is 19.0 Å². The number of hydrogen-bond acceptors (Lipinski definition) is 8. The predicted molar refractivity (Wildman–Crippen MR) is 183 cm³/mol. The highest BCUT2D eigenvalue weighted by Gasteiger charge is 2.22. The molecule has 0 bridgehead atoms. The molecule has 0 aliphatic carbocycles. The molecule has 40 heavy (non-hydrogen) atoms. The number of hydrogen-bond donors (Lipinski definition) is 1. The summed E-state index contributed by atoms with van der Waals surface area (Å²) < 4.78 is 25.8. The molecule has 0 saturated carbocycles. The average Bonchev–Trinajstić information content (AvgIpc) is 3.60. The van der Waals surface area contributed by atoms with Crippen molar-refractivity contribution in [3.05, 3.63) is 37.4 Å². The summed E-state index contributed by atoms with van der Waals surface area (Å²) in [5.74, 6) is 4.25. The molecule has 224 valence electrons. The molecular weight excluding hydrogens is 757 g/mol. The minimum atomic E-state index is -0.418. The van der Waals surface area contributed by atoms with Crippen molar-refractivity contribution in [3.8, 4) is 0 Å². The highest BCUT2D eigenvalue weighted by Crippen LogP contribution is 2.27. The summed E-state index contributed by atoms with van der Waals surface area (Å²) in [6.07, 6.45) is 2.65. The summed E-state index contributed by atoms with van der Waals surface area (Å²) in [6.45, 7) is 15.8. The Morgan fingerprint density at radius 3 is 1.70 bits per heavy atom. The maximum atomic E-state index is 13.0. The molecule has 1 N–H and O–H groups in total. The van der Waals surface area contributed by atoms with E-state index in [1.54, 1.807) is 0 Å².